The Morgan fingerprint density at radius 2 is 1.90 bits per heavy atom. The number of nitrogens with two attached hydrogens (primary N) is 1. The van der Waals surface area contributed by atoms with E-state index in [1.807, 2.05) is 0 Å². The molecule has 1 aromatic carbocycles. The van der Waals surface area contributed by atoms with Gasteiger partial charge in [-0.25, -0.2) is 22.4 Å². The van der Waals surface area contributed by atoms with Crippen molar-refractivity contribution in [2.24, 2.45) is 5.73 Å². The Bertz CT molecular complexity index is 733. The first-order valence-corrected chi connectivity index (χ1v) is 7.12. The van der Waals surface area contributed by atoms with Gasteiger partial charge in [0.1, 0.15) is 11.6 Å². The van der Waals surface area contributed by atoms with Crippen molar-refractivity contribution in [3.63, 3.8) is 0 Å². The highest BCUT2D eigenvalue weighted by atomic mass is 35.5. The molecule has 0 aliphatic carbocycles. The number of primary amides is 1. The largest absolute Gasteiger partial charge is 0.478 e. The lowest BCUT2D eigenvalue weighted by Crippen LogP contribution is -2.38. The van der Waals surface area contributed by atoms with Gasteiger partial charge in [-0.05, 0) is 12.1 Å². The van der Waals surface area contributed by atoms with Crippen LogP contribution in [0.3, 0.4) is 0 Å². The Morgan fingerprint density at radius 3 is 2.38 bits per heavy atom. The highest BCUT2D eigenvalue weighted by Gasteiger charge is 2.24. The van der Waals surface area contributed by atoms with Crippen molar-refractivity contribution in [1.82, 2.24) is 5.32 Å². The lowest BCUT2D eigenvalue weighted by atomic mass is 10.2. The number of amides is 3. The molecule has 0 fully saturated rings. The zero-order valence-corrected chi connectivity index (χ0v) is 11.7. The third kappa shape index (κ3) is 4.13. The number of sulfone groups is 1. The fourth-order valence-corrected chi connectivity index (χ4v) is 2.68. The molecule has 0 aromatic heterocycles. The molecule has 0 atom stereocenters. The lowest BCUT2D eigenvalue weighted by molar-refractivity contribution is -0.117. The Labute approximate surface area is 122 Å². The SMILES string of the molecule is NC(=O)NC(=O)CS(=O)(=O)c1cc(F)c(Cl)c(C(=O)O)c1. The first kappa shape index (κ1) is 16.9. The lowest BCUT2D eigenvalue weighted by Gasteiger charge is -2.07. The van der Waals surface area contributed by atoms with Crippen LogP contribution in [-0.2, 0) is 14.6 Å². The van der Waals surface area contributed by atoms with Gasteiger partial charge in [-0.1, -0.05) is 11.6 Å². The van der Waals surface area contributed by atoms with E-state index in [0.717, 1.165) is 0 Å². The highest BCUT2D eigenvalue weighted by Crippen LogP contribution is 2.25. The number of imide groups is 1. The second-order valence-electron chi connectivity index (χ2n) is 3.74. The molecule has 0 heterocycles. The maximum Gasteiger partial charge on any atom is 0.337 e. The summed E-state index contributed by atoms with van der Waals surface area (Å²) >= 11 is 5.39. The fourth-order valence-electron chi connectivity index (χ4n) is 1.33. The van der Waals surface area contributed by atoms with E-state index in [1.165, 1.54) is 5.32 Å². The van der Waals surface area contributed by atoms with Gasteiger partial charge in [0, 0.05) is 0 Å². The first-order valence-electron chi connectivity index (χ1n) is 5.09. The summed E-state index contributed by atoms with van der Waals surface area (Å²) in [6.45, 7) is 0. The number of aromatic carboxylic acids is 1. The van der Waals surface area contributed by atoms with Crippen LogP contribution in [0.25, 0.3) is 0 Å². The van der Waals surface area contributed by atoms with Gasteiger partial charge in [0.25, 0.3) is 0 Å². The van der Waals surface area contributed by atoms with Gasteiger partial charge < -0.3 is 10.8 Å². The van der Waals surface area contributed by atoms with Gasteiger partial charge in [-0.2, -0.15) is 0 Å². The zero-order chi connectivity index (χ0) is 16.4. The molecule has 0 bridgehead atoms. The van der Waals surface area contributed by atoms with Crippen LogP contribution in [-0.4, -0.2) is 37.2 Å². The smallest absolute Gasteiger partial charge is 0.337 e. The van der Waals surface area contributed by atoms with Gasteiger partial charge in [0.05, 0.1) is 15.5 Å². The summed E-state index contributed by atoms with van der Waals surface area (Å²) in [5.41, 5.74) is 3.87. The number of carboxylic acid groups (broad SMARTS) is 1. The number of benzene rings is 1. The number of carbonyl (C=O) groups excluding carboxylic acids is 2. The van der Waals surface area contributed by atoms with E-state index in [0.29, 0.717) is 12.1 Å². The third-order valence-electron chi connectivity index (χ3n) is 2.17. The van der Waals surface area contributed by atoms with Crippen LogP contribution in [0.2, 0.25) is 5.02 Å². The maximum absolute atomic E-state index is 13.4. The summed E-state index contributed by atoms with van der Waals surface area (Å²) in [5.74, 6) is -5.37. The topological polar surface area (TPSA) is 144 Å². The van der Waals surface area contributed by atoms with Crippen LogP contribution < -0.4 is 11.1 Å². The van der Waals surface area contributed by atoms with Crippen LogP contribution >= 0.6 is 11.6 Å². The molecular weight excluding hydrogens is 331 g/mol. The van der Waals surface area contributed by atoms with E-state index >= 15 is 0 Å². The van der Waals surface area contributed by atoms with Crippen LogP contribution in [0.15, 0.2) is 17.0 Å². The molecule has 0 saturated heterocycles. The van der Waals surface area contributed by atoms with Crippen molar-refractivity contribution in [1.29, 1.82) is 0 Å². The van der Waals surface area contributed by atoms with Gasteiger partial charge in [-0.15, -0.1) is 0 Å². The molecule has 11 heteroatoms. The minimum absolute atomic E-state index is 0.474. The Balaban J connectivity index is 3.23. The van der Waals surface area contributed by atoms with Gasteiger partial charge in [0.15, 0.2) is 9.84 Å². The minimum Gasteiger partial charge on any atom is -0.478 e. The fraction of sp³-hybridized carbons (Fsp3) is 0.100. The molecular formula is C10H8ClFN2O6S. The van der Waals surface area contributed by atoms with Crippen LogP contribution in [0.1, 0.15) is 10.4 Å². The van der Waals surface area contributed by atoms with Crippen LogP contribution in [0.5, 0.6) is 0 Å². The van der Waals surface area contributed by atoms with Gasteiger partial charge in [-0.3, -0.25) is 10.1 Å². The molecule has 21 heavy (non-hydrogen) atoms. The van der Waals surface area contributed by atoms with E-state index < -0.39 is 54.8 Å². The molecule has 0 radical (unpaired) electrons. The molecule has 8 nitrogen and oxygen atoms in total. The number of nitrogens with one attached hydrogen (secondary N) is 1. The molecule has 0 aliphatic rings. The minimum atomic E-state index is -4.38. The summed E-state index contributed by atoms with van der Waals surface area (Å²) < 4.78 is 37.1. The van der Waals surface area contributed by atoms with E-state index in [4.69, 9.17) is 16.7 Å². The molecule has 0 spiro atoms. The van der Waals surface area contributed by atoms with Crippen LogP contribution in [0.4, 0.5) is 9.18 Å². The predicted octanol–water partition coefficient (Wildman–Crippen LogP) is 0.146. The number of hydrogen-bond donors (Lipinski definition) is 3. The molecule has 3 amide bonds. The van der Waals surface area contributed by atoms with E-state index in [9.17, 15) is 27.2 Å². The predicted molar refractivity (Wildman–Crippen MR) is 68.1 cm³/mol. The summed E-state index contributed by atoms with van der Waals surface area (Å²) in [6, 6.07) is -0.175. The summed E-state index contributed by atoms with van der Waals surface area (Å²) in [6.07, 6.45) is 0. The number of urea groups is 1. The van der Waals surface area contributed by atoms with Crippen LogP contribution in [0, 0.1) is 5.82 Å². The van der Waals surface area contributed by atoms with Crippen molar-refractivity contribution in [2.45, 2.75) is 4.90 Å². The average molecular weight is 339 g/mol. The van der Waals surface area contributed by atoms with E-state index in [1.54, 1.807) is 0 Å². The maximum atomic E-state index is 13.4. The van der Waals surface area contributed by atoms with Crippen molar-refractivity contribution in [2.75, 3.05) is 5.75 Å². The van der Waals surface area contributed by atoms with Gasteiger partial charge >= 0.3 is 12.0 Å². The van der Waals surface area contributed by atoms with E-state index in [2.05, 4.69) is 5.73 Å². The summed E-state index contributed by atoms with van der Waals surface area (Å²) in [7, 11) is -4.38. The summed E-state index contributed by atoms with van der Waals surface area (Å²) in [4.78, 5) is 31.7. The molecule has 114 valence electrons. The Morgan fingerprint density at radius 1 is 1.33 bits per heavy atom. The monoisotopic (exact) mass is 338 g/mol. The average Bonchev–Trinajstić information content (AvgIpc) is 2.29. The van der Waals surface area contributed by atoms with Crippen molar-refractivity contribution < 1.29 is 32.3 Å². The second kappa shape index (κ2) is 6.06. The third-order valence-corrected chi connectivity index (χ3v) is 4.16. The standard InChI is InChI=1S/C10H8ClFN2O6S/c11-8-5(9(16)17)1-4(2-6(8)12)21(19,20)3-7(15)14-10(13)18/h1-2H,3H2,(H,16,17)(H3,13,14,15,18). The quantitative estimate of drug-likeness (QED) is 0.712. The highest BCUT2D eigenvalue weighted by molar-refractivity contribution is 7.92. The number of carboxylic acids is 1. The molecule has 4 N–H and O–H groups in total. The molecule has 1 rings (SSSR count). The van der Waals surface area contributed by atoms with Gasteiger partial charge in [0.2, 0.25) is 5.91 Å². The number of carbonyl (C=O) groups is 3. The number of rotatable bonds is 4. The zero-order valence-electron chi connectivity index (χ0n) is 10.1. The van der Waals surface area contributed by atoms with Crippen molar-refractivity contribution in [3.8, 4) is 0 Å². The first-order chi connectivity index (χ1) is 9.54. The van der Waals surface area contributed by atoms with E-state index in [-0.39, 0.29) is 0 Å². The molecule has 0 saturated carbocycles. The molecule has 0 aliphatic heterocycles. The molecule has 0 unspecified atom stereocenters. The normalized spacial score (nSPS) is 11.0. The number of hydrogen-bond acceptors (Lipinski definition) is 5. The van der Waals surface area contributed by atoms with Crippen molar-refractivity contribution in [3.05, 3.63) is 28.5 Å². The van der Waals surface area contributed by atoms with Crippen molar-refractivity contribution >= 4 is 39.3 Å². The number of halogens is 2. The summed E-state index contributed by atoms with van der Waals surface area (Å²) in [5, 5.41) is 9.55. The second-order valence-corrected chi connectivity index (χ2v) is 6.11. The molecule has 1 aromatic rings. The Hall–Kier alpha value is -2.20. The Kier molecular flexibility index (Phi) is 4.86.